The number of carboxylic acid groups (broad SMARTS) is 1. The van der Waals surface area contributed by atoms with E-state index in [-0.39, 0.29) is 5.69 Å². The Hall–Kier alpha value is -3.15. The van der Waals surface area contributed by atoms with E-state index in [1.165, 1.54) is 12.8 Å². The number of carboxylic acids is 1. The molecule has 6 nitrogen and oxygen atoms in total. The fourth-order valence-corrected chi connectivity index (χ4v) is 3.53. The Bertz CT molecular complexity index is 1110. The molecule has 6 heteroatoms. The Balaban J connectivity index is 1.91. The molecule has 1 aliphatic carbocycles. The first kappa shape index (κ1) is 14.2. The van der Waals surface area contributed by atoms with E-state index in [4.69, 9.17) is 0 Å². The van der Waals surface area contributed by atoms with Crippen LogP contribution in [0.1, 0.15) is 23.3 Å². The molecule has 3 aromatic heterocycles. The van der Waals surface area contributed by atoms with Crippen molar-refractivity contribution in [2.75, 3.05) is 0 Å². The quantitative estimate of drug-likeness (QED) is 0.621. The normalized spacial score (nSPS) is 14.4. The minimum absolute atomic E-state index is 0.187. The second kappa shape index (κ2) is 5.17. The maximum absolute atomic E-state index is 11.9. The van der Waals surface area contributed by atoms with Crippen molar-refractivity contribution in [1.29, 1.82) is 0 Å². The van der Waals surface area contributed by atoms with Crippen molar-refractivity contribution in [2.24, 2.45) is 5.92 Å². The Morgan fingerprint density at radius 3 is 2.60 bits per heavy atom. The second-order valence-electron chi connectivity index (χ2n) is 6.52. The van der Waals surface area contributed by atoms with Crippen LogP contribution in [0.5, 0.6) is 0 Å². The van der Waals surface area contributed by atoms with Gasteiger partial charge >= 0.3 is 5.97 Å². The van der Waals surface area contributed by atoms with Crippen LogP contribution >= 0.6 is 0 Å². The number of benzene rings is 1. The molecule has 0 saturated heterocycles. The molecule has 1 fully saturated rings. The molecule has 124 valence electrons. The van der Waals surface area contributed by atoms with Gasteiger partial charge in [0.05, 0.1) is 16.6 Å². The lowest BCUT2D eigenvalue weighted by Crippen LogP contribution is -2.09. The van der Waals surface area contributed by atoms with Crippen molar-refractivity contribution in [3.05, 3.63) is 54.5 Å². The maximum Gasteiger partial charge on any atom is 0.353 e. The lowest BCUT2D eigenvalue weighted by molar-refractivity contribution is 0.0688. The third-order valence-electron chi connectivity index (χ3n) is 4.83. The molecule has 0 unspecified atom stereocenters. The largest absolute Gasteiger partial charge is 0.477 e. The van der Waals surface area contributed by atoms with Crippen LogP contribution in [0.3, 0.4) is 0 Å². The molecule has 0 radical (unpaired) electrons. The molecule has 1 N–H and O–H groups in total. The van der Waals surface area contributed by atoms with Crippen molar-refractivity contribution in [3.8, 4) is 5.95 Å². The van der Waals surface area contributed by atoms with Crippen LogP contribution < -0.4 is 0 Å². The summed E-state index contributed by atoms with van der Waals surface area (Å²) in [6.07, 6.45) is 5.73. The lowest BCUT2D eigenvalue weighted by Gasteiger charge is -2.06. The average molecular weight is 332 g/mol. The van der Waals surface area contributed by atoms with Crippen LogP contribution in [0.2, 0.25) is 0 Å². The second-order valence-corrected chi connectivity index (χ2v) is 6.52. The molecule has 1 saturated carbocycles. The highest BCUT2D eigenvalue weighted by molar-refractivity contribution is 6.10. The van der Waals surface area contributed by atoms with Crippen LogP contribution in [0.25, 0.3) is 27.9 Å². The van der Waals surface area contributed by atoms with Gasteiger partial charge in [0.1, 0.15) is 5.69 Å². The summed E-state index contributed by atoms with van der Waals surface area (Å²) in [7, 11) is 0. The van der Waals surface area contributed by atoms with Crippen molar-refractivity contribution >= 4 is 27.9 Å². The van der Waals surface area contributed by atoms with Gasteiger partial charge in [-0.15, -0.1) is 0 Å². The van der Waals surface area contributed by atoms with Gasteiger partial charge in [0.2, 0.25) is 5.95 Å². The van der Waals surface area contributed by atoms with Crippen LogP contribution in [-0.2, 0) is 6.54 Å². The van der Waals surface area contributed by atoms with E-state index in [1.54, 1.807) is 29.1 Å². The molecular formula is C19H16N4O2. The topological polar surface area (TPSA) is 72.9 Å². The predicted octanol–water partition coefficient (Wildman–Crippen LogP) is 3.48. The highest BCUT2D eigenvalue weighted by Gasteiger charge is 2.27. The number of aromatic nitrogens is 4. The minimum Gasteiger partial charge on any atom is -0.477 e. The van der Waals surface area contributed by atoms with Crippen molar-refractivity contribution < 1.29 is 9.90 Å². The number of hydrogen-bond donors (Lipinski definition) is 1. The smallest absolute Gasteiger partial charge is 0.353 e. The average Bonchev–Trinajstić information content (AvgIpc) is 3.29. The minimum atomic E-state index is -0.981. The summed E-state index contributed by atoms with van der Waals surface area (Å²) in [5, 5.41) is 10.7. The summed E-state index contributed by atoms with van der Waals surface area (Å²) < 4.78 is 3.90. The molecule has 1 aliphatic rings. The molecule has 1 aromatic carbocycles. The van der Waals surface area contributed by atoms with E-state index in [9.17, 15) is 9.90 Å². The number of para-hydroxylation sites is 1. The third-order valence-corrected chi connectivity index (χ3v) is 4.83. The zero-order valence-corrected chi connectivity index (χ0v) is 13.5. The van der Waals surface area contributed by atoms with E-state index in [1.807, 2.05) is 18.2 Å². The Kier molecular flexibility index (Phi) is 2.94. The maximum atomic E-state index is 11.9. The first-order valence-corrected chi connectivity index (χ1v) is 8.37. The van der Waals surface area contributed by atoms with Gasteiger partial charge in [-0.1, -0.05) is 18.2 Å². The summed E-state index contributed by atoms with van der Waals surface area (Å²) >= 11 is 0. The van der Waals surface area contributed by atoms with Crippen molar-refractivity contribution in [1.82, 2.24) is 19.1 Å². The summed E-state index contributed by atoms with van der Waals surface area (Å²) in [6.45, 7) is 0.919. The van der Waals surface area contributed by atoms with Gasteiger partial charge in [-0.3, -0.25) is 4.57 Å². The molecule has 0 spiro atoms. The van der Waals surface area contributed by atoms with Crippen LogP contribution in [0.4, 0.5) is 0 Å². The van der Waals surface area contributed by atoms with Gasteiger partial charge in [-0.05, 0) is 37.0 Å². The number of aromatic carboxylic acids is 1. The first-order chi connectivity index (χ1) is 12.2. The SMILES string of the molecule is O=C(O)c1cc2c(c3ccccc3n2CC2CC2)n1-c1ncccn1. The van der Waals surface area contributed by atoms with E-state index in [0.29, 0.717) is 11.9 Å². The van der Waals surface area contributed by atoms with Gasteiger partial charge < -0.3 is 9.67 Å². The molecule has 0 aliphatic heterocycles. The molecule has 0 atom stereocenters. The Morgan fingerprint density at radius 2 is 1.88 bits per heavy atom. The van der Waals surface area contributed by atoms with E-state index in [2.05, 4.69) is 20.6 Å². The summed E-state index contributed by atoms with van der Waals surface area (Å²) in [5.74, 6) is 0.0820. The first-order valence-electron chi connectivity index (χ1n) is 8.37. The summed E-state index contributed by atoms with van der Waals surface area (Å²) in [4.78, 5) is 20.4. The predicted molar refractivity (Wildman–Crippen MR) is 94.0 cm³/mol. The Morgan fingerprint density at radius 1 is 1.12 bits per heavy atom. The summed E-state index contributed by atoms with van der Waals surface area (Å²) in [5.41, 5.74) is 3.10. The van der Waals surface area contributed by atoms with Gasteiger partial charge in [0.15, 0.2) is 0 Å². The van der Waals surface area contributed by atoms with Crippen molar-refractivity contribution in [3.63, 3.8) is 0 Å². The van der Waals surface area contributed by atoms with Crippen molar-refractivity contribution in [2.45, 2.75) is 19.4 Å². The Labute approximate surface area is 143 Å². The van der Waals surface area contributed by atoms with E-state index >= 15 is 0 Å². The zero-order valence-electron chi connectivity index (χ0n) is 13.5. The highest BCUT2D eigenvalue weighted by atomic mass is 16.4. The van der Waals surface area contributed by atoms with Crippen LogP contribution in [-0.4, -0.2) is 30.2 Å². The van der Waals surface area contributed by atoms with E-state index < -0.39 is 5.97 Å². The number of carbonyl (C=O) groups is 1. The number of hydrogen-bond acceptors (Lipinski definition) is 3. The monoisotopic (exact) mass is 332 g/mol. The molecule has 25 heavy (non-hydrogen) atoms. The number of fused-ring (bicyclic) bond motifs is 3. The summed E-state index contributed by atoms with van der Waals surface area (Å²) in [6, 6.07) is 11.6. The fraction of sp³-hybridized carbons (Fsp3) is 0.211. The number of rotatable bonds is 4. The molecule has 0 amide bonds. The van der Waals surface area contributed by atoms with E-state index in [0.717, 1.165) is 28.5 Å². The lowest BCUT2D eigenvalue weighted by atomic mass is 10.2. The molecule has 3 heterocycles. The highest BCUT2D eigenvalue weighted by Crippen LogP contribution is 2.37. The van der Waals surface area contributed by atoms with Crippen LogP contribution in [0.15, 0.2) is 48.8 Å². The molecular weight excluding hydrogens is 316 g/mol. The molecule has 0 bridgehead atoms. The van der Waals surface area contributed by atoms with Gasteiger partial charge in [-0.2, -0.15) is 0 Å². The fourth-order valence-electron chi connectivity index (χ4n) is 3.53. The number of nitrogens with zero attached hydrogens (tertiary/aromatic N) is 4. The molecule has 5 rings (SSSR count). The zero-order chi connectivity index (χ0) is 17.0. The van der Waals surface area contributed by atoms with Gasteiger partial charge in [-0.25, -0.2) is 14.8 Å². The third kappa shape index (κ3) is 2.14. The molecule has 4 aromatic rings. The standard InChI is InChI=1S/C19H16N4O2/c24-18(25)16-10-15-17(23(16)19-20-8-3-9-21-19)13-4-1-2-5-14(13)22(15)11-12-6-7-12/h1-5,8-10,12H,6-7,11H2,(H,24,25). The van der Waals surface area contributed by atoms with Gasteiger partial charge in [0.25, 0.3) is 0 Å². The van der Waals surface area contributed by atoms with Gasteiger partial charge in [0, 0.05) is 24.3 Å². The van der Waals surface area contributed by atoms with Crippen LogP contribution in [0, 0.1) is 5.92 Å².